The van der Waals surface area contributed by atoms with E-state index in [9.17, 15) is 5.11 Å². The third-order valence-electron chi connectivity index (χ3n) is 3.81. The van der Waals surface area contributed by atoms with Crippen LogP contribution >= 0.6 is 0 Å². The van der Waals surface area contributed by atoms with E-state index >= 15 is 0 Å². The summed E-state index contributed by atoms with van der Waals surface area (Å²) in [5.74, 6) is 1.88. The molecule has 0 bridgehead atoms. The molecule has 3 rings (SSSR count). The molecule has 0 radical (unpaired) electrons. The van der Waals surface area contributed by atoms with Gasteiger partial charge in [0.2, 0.25) is 11.9 Å². The van der Waals surface area contributed by atoms with Crippen molar-refractivity contribution < 1.29 is 19.7 Å². The van der Waals surface area contributed by atoms with Crippen LogP contribution in [0.2, 0.25) is 0 Å². The van der Waals surface area contributed by atoms with Crippen LogP contribution in [0, 0.1) is 6.92 Å². The lowest BCUT2D eigenvalue weighted by molar-refractivity contribution is 0.196. The molecule has 0 saturated heterocycles. The summed E-state index contributed by atoms with van der Waals surface area (Å²) in [7, 11) is 1.54. The minimum atomic E-state index is -0.0993. The molecule has 1 heterocycles. The molecule has 0 aliphatic carbocycles. The number of aliphatic hydroxyl groups excluding tert-OH is 1. The molecule has 0 spiro atoms. The fourth-order valence-electron chi connectivity index (χ4n) is 2.38. The van der Waals surface area contributed by atoms with Gasteiger partial charge >= 0.3 is 0 Å². The summed E-state index contributed by atoms with van der Waals surface area (Å²) in [5.41, 5.74) is 2.12. The number of aliphatic hydroxyl groups is 1. The molecule has 0 fully saturated rings. The Bertz CT molecular complexity index is 951. The molecule has 0 aliphatic heterocycles. The molecule has 0 amide bonds. The molecule has 146 valence electrons. The van der Waals surface area contributed by atoms with Gasteiger partial charge in [0.15, 0.2) is 11.5 Å². The standard InChI is InChI=1S/C19H21N5O4/c1-12-3-4-13(9-15(12)26)22-18-20-11-21-19(24-18)23-14-5-6-16(27-2)17(10-14)28-8-7-25/h3-6,9-11,25-26H,7-8H2,1-2H3,(H2,20,21,22,23,24). The normalized spacial score (nSPS) is 10.4. The Balaban J connectivity index is 1.76. The van der Waals surface area contributed by atoms with E-state index in [1.54, 1.807) is 37.4 Å². The number of aromatic hydroxyl groups is 1. The van der Waals surface area contributed by atoms with Gasteiger partial charge in [-0.1, -0.05) is 6.07 Å². The highest BCUT2D eigenvalue weighted by atomic mass is 16.5. The van der Waals surface area contributed by atoms with E-state index in [1.807, 2.05) is 13.0 Å². The quantitative estimate of drug-likeness (QED) is 0.465. The molecule has 9 nitrogen and oxygen atoms in total. The van der Waals surface area contributed by atoms with Crippen LogP contribution in [-0.2, 0) is 0 Å². The Kier molecular flexibility index (Phi) is 6.07. The number of aromatic nitrogens is 3. The van der Waals surface area contributed by atoms with Crippen LogP contribution in [-0.4, -0.2) is 45.5 Å². The Morgan fingerprint density at radius 1 is 0.964 bits per heavy atom. The number of hydrogen-bond acceptors (Lipinski definition) is 9. The first-order valence-electron chi connectivity index (χ1n) is 8.53. The van der Waals surface area contributed by atoms with Crippen molar-refractivity contribution in [1.29, 1.82) is 0 Å². The summed E-state index contributed by atoms with van der Waals surface area (Å²) < 4.78 is 10.7. The second-order valence-corrected chi connectivity index (χ2v) is 5.82. The predicted molar refractivity (Wildman–Crippen MR) is 105 cm³/mol. The van der Waals surface area contributed by atoms with Crippen molar-refractivity contribution in [2.75, 3.05) is 31.0 Å². The van der Waals surface area contributed by atoms with Crippen molar-refractivity contribution in [2.24, 2.45) is 0 Å². The van der Waals surface area contributed by atoms with Crippen LogP contribution < -0.4 is 20.1 Å². The maximum absolute atomic E-state index is 9.81. The number of ether oxygens (including phenoxy) is 2. The van der Waals surface area contributed by atoms with Gasteiger partial charge in [0.1, 0.15) is 18.7 Å². The van der Waals surface area contributed by atoms with Crippen LogP contribution in [0.1, 0.15) is 5.56 Å². The van der Waals surface area contributed by atoms with E-state index in [4.69, 9.17) is 14.6 Å². The number of aryl methyl sites for hydroxylation is 1. The first-order chi connectivity index (χ1) is 13.6. The van der Waals surface area contributed by atoms with E-state index in [1.165, 1.54) is 6.33 Å². The molecule has 2 aromatic carbocycles. The number of nitrogens with zero attached hydrogens (tertiary/aromatic N) is 3. The van der Waals surface area contributed by atoms with E-state index in [-0.39, 0.29) is 19.0 Å². The third kappa shape index (κ3) is 4.77. The lowest BCUT2D eigenvalue weighted by Crippen LogP contribution is -2.05. The first kappa shape index (κ1) is 19.2. The van der Waals surface area contributed by atoms with Crippen LogP contribution in [0.5, 0.6) is 17.2 Å². The Morgan fingerprint density at radius 3 is 2.29 bits per heavy atom. The summed E-state index contributed by atoms with van der Waals surface area (Å²) in [5, 5.41) is 24.9. The van der Waals surface area contributed by atoms with Crippen molar-refractivity contribution in [3.8, 4) is 17.2 Å². The Morgan fingerprint density at radius 2 is 1.64 bits per heavy atom. The number of phenols is 1. The monoisotopic (exact) mass is 383 g/mol. The van der Waals surface area contributed by atoms with Gasteiger partial charge in [0.25, 0.3) is 0 Å². The fourth-order valence-corrected chi connectivity index (χ4v) is 2.38. The number of anilines is 4. The summed E-state index contributed by atoms with van der Waals surface area (Å²) in [6.45, 7) is 1.87. The number of methoxy groups -OCH3 is 1. The van der Waals surface area contributed by atoms with Crippen LogP contribution in [0.4, 0.5) is 23.3 Å². The highest BCUT2D eigenvalue weighted by Crippen LogP contribution is 2.31. The highest BCUT2D eigenvalue weighted by molar-refractivity contribution is 5.61. The maximum Gasteiger partial charge on any atom is 0.232 e. The molecule has 0 atom stereocenters. The van der Waals surface area contributed by atoms with Gasteiger partial charge in [-0.05, 0) is 30.7 Å². The second kappa shape index (κ2) is 8.87. The number of benzene rings is 2. The maximum atomic E-state index is 9.81. The van der Waals surface area contributed by atoms with Gasteiger partial charge in [-0.3, -0.25) is 0 Å². The summed E-state index contributed by atoms with van der Waals surface area (Å²) >= 11 is 0. The number of nitrogens with one attached hydrogen (secondary N) is 2. The van der Waals surface area contributed by atoms with Gasteiger partial charge in [0, 0.05) is 23.5 Å². The van der Waals surface area contributed by atoms with Crippen LogP contribution in [0.15, 0.2) is 42.7 Å². The topological polar surface area (TPSA) is 122 Å². The van der Waals surface area contributed by atoms with Crippen molar-refractivity contribution in [3.63, 3.8) is 0 Å². The molecule has 0 aliphatic rings. The molecule has 28 heavy (non-hydrogen) atoms. The summed E-state index contributed by atoms with van der Waals surface area (Å²) in [4.78, 5) is 12.5. The van der Waals surface area contributed by atoms with Gasteiger partial charge in [-0.25, -0.2) is 9.97 Å². The van der Waals surface area contributed by atoms with E-state index in [0.29, 0.717) is 34.8 Å². The molecular weight excluding hydrogens is 362 g/mol. The van der Waals surface area contributed by atoms with Gasteiger partial charge < -0.3 is 30.3 Å². The minimum Gasteiger partial charge on any atom is -0.508 e. The van der Waals surface area contributed by atoms with E-state index in [0.717, 1.165) is 5.56 Å². The highest BCUT2D eigenvalue weighted by Gasteiger charge is 2.08. The third-order valence-corrected chi connectivity index (χ3v) is 3.81. The zero-order chi connectivity index (χ0) is 19.9. The second-order valence-electron chi connectivity index (χ2n) is 5.82. The average Bonchev–Trinajstić information content (AvgIpc) is 2.69. The largest absolute Gasteiger partial charge is 0.508 e. The smallest absolute Gasteiger partial charge is 0.232 e. The Labute approximate surface area is 162 Å². The van der Waals surface area contributed by atoms with E-state index in [2.05, 4.69) is 25.6 Å². The molecule has 3 aromatic rings. The van der Waals surface area contributed by atoms with Crippen molar-refractivity contribution in [2.45, 2.75) is 6.92 Å². The molecule has 1 aromatic heterocycles. The van der Waals surface area contributed by atoms with Crippen molar-refractivity contribution in [3.05, 3.63) is 48.3 Å². The van der Waals surface area contributed by atoms with Gasteiger partial charge in [0.05, 0.1) is 13.7 Å². The van der Waals surface area contributed by atoms with Crippen molar-refractivity contribution in [1.82, 2.24) is 15.0 Å². The summed E-state index contributed by atoms with van der Waals surface area (Å²) in [6.07, 6.45) is 1.37. The van der Waals surface area contributed by atoms with Gasteiger partial charge in [-0.15, -0.1) is 0 Å². The van der Waals surface area contributed by atoms with Crippen LogP contribution in [0.3, 0.4) is 0 Å². The predicted octanol–water partition coefficient (Wildman–Crippen LogP) is 2.75. The first-order valence-corrected chi connectivity index (χ1v) is 8.53. The Hall–Kier alpha value is -3.59. The van der Waals surface area contributed by atoms with Crippen molar-refractivity contribution >= 4 is 23.3 Å². The SMILES string of the molecule is COc1ccc(Nc2ncnc(Nc3ccc(C)c(O)c3)n2)cc1OCCO. The zero-order valence-electron chi connectivity index (χ0n) is 15.5. The zero-order valence-corrected chi connectivity index (χ0v) is 15.5. The minimum absolute atomic E-state index is 0.0993. The molecule has 0 saturated carbocycles. The van der Waals surface area contributed by atoms with E-state index < -0.39 is 0 Å². The number of hydrogen-bond donors (Lipinski definition) is 4. The van der Waals surface area contributed by atoms with Gasteiger partial charge in [-0.2, -0.15) is 4.98 Å². The lowest BCUT2D eigenvalue weighted by Gasteiger charge is -2.12. The molecule has 0 unspecified atom stereocenters. The fraction of sp³-hybridized carbons (Fsp3) is 0.211. The average molecular weight is 383 g/mol. The summed E-state index contributed by atoms with van der Waals surface area (Å²) in [6, 6.07) is 10.5. The number of phenolic OH excluding ortho intramolecular Hbond substituents is 1. The molecule has 4 N–H and O–H groups in total. The molecular formula is C19H21N5O4. The van der Waals surface area contributed by atoms with Crippen LogP contribution in [0.25, 0.3) is 0 Å². The number of rotatable bonds is 8. The molecule has 9 heteroatoms. The lowest BCUT2D eigenvalue weighted by atomic mass is 10.2.